The monoisotopic (exact) mass is 373 g/mol. The summed E-state index contributed by atoms with van der Waals surface area (Å²) in [6, 6.07) is 24.7. The van der Waals surface area contributed by atoms with Crippen molar-refractivity contribution in [2.24, 2.45) is 0 Å². The van der Waals surface area contributed by atoms with Gasteiger partial charge < -0.3 is 4.42 Å². The molecule has 0 amide bonds. The van der Waals surface area contributed by atoms with Crippen LogP contribution in [0.5, 0.6) is 0 Å². The first-order valence-electron chi connectivity index (χ1n) is 7.77. The minimum atomic E-state index is 0.657. The number of fused-ring (bicyclic) bond motifs is 4. The highest BCUT2D eigenvalue weighted by atomic mass is 79.9. The van der Waals surface area contributed by atoms with Crippen LogP contribution in [0.4, 0.5) is 0 Å². The fourth-order valence-electron chi connectivity index (χ4n) is 3.23. The lowest BCUT2D eigenvalue weighted by atomic mass is 10.0. The van der Waals surface area contributed by atoms with Gasteiger partial charge in [-0.2, -0.15) is 0 Å². The van der Waals surface area contributed by atoms with E-state index in [4.69, 9.17) is 9.40 Å². The summed E-state index contributed by atoms with van der Waals surface area (Å²) in [5.74, 6) is 0.657. The standard InChI is InChI=1S/C21H12BrNO/c22-18-10-4-7-15-16(18)8-3-9-17(15)21-23-20-14-6-2-1-5-13(14)11-12-19(20)24-21/h1-12H. The van der Waals surface area contributed by atoms with E-state index in [1.807, 2.05) is 36.4 Å². The van der Waals surface area contributed by atoms with Crippen molar-refractivity contribution < 1.29 is 4.42 Å². The van der Waals surface area contributed by atoms with E-state index in [2.05, 4.69) is 52.3 Å². The van der Waals surface area contributed by atoms with E-state index in [1.54, 1.807) is 0 Å². The Morgan fingerprint density at radius 2 is 1.50 bits per heavy atom. The Morgan fingerprint density at radius 3 is 2.46 bits per heavy atom. The van der Waals surface area contributed by atoms with Crippen LogP contribution in [0.3, 0.4) is 0 Å². The van der Waals surface area contributed by atoms with Crippen LogP contribution in [0, 0.1) is 0 Å². The number of rotatable bonds is 1. The topological polar surface area (TPSA) is 26.0 Å². The molecule has 0 aliphatic heterocycles. The van der Waals surface area contributed by atoms with Crippen molar-refractivity contribution in [2.45, 2.75) is 0 Å². The zero-order chi connectivity index (χ0) is 16.1. The Hall–Kier alpha value is -2.65. The fraction of sp³-hybridized carbons (Fsp3) is 0. The van der Waals surface area contributed by atoms with Gasteiger partial charge in [0.15, 0.2) is 5.58 Å². The summed E-state index contributed by atoms with van der Waals surface area (Å²) in [6.45, 7) is 0. The molecule has 4 aromatic carbocycles. The smallest absolute Gasteiger partial charge is 0.227 e. The summed E-state index contributed by atoms with van der Waals surface area (Å²) in [5.41, 5.74) is 2.74. The molecule has 0 aliphatic rings. The molecule has 0 atom stereocenters. The SMILES string of the molecule is Brc1cccc2c(-c3nc4c(ccc5ccccc54)o3)cccc12. The molecule has 0 saturated heterocycles. The minimum absolute atomic E-state index is 0.657. The van der Waals surface area contributed by atoms with E-state index >= 15 is 0 Å². The number of hydrogen-bond donors (Lipinski definition) is 0. The van der Waals surface area contributed by atoms with Crippen molar-refractivity contribution in [1.29, 1.82) is 0 Å². The number of oxazole rings is 1. The third-order valence-corrected chi connectivity index (χ3v) is 5.07. The molecule has 3 heteroatoms. The minimum Gasteiger partial charge on any atom is -0.436 e. The fourth-order valence-corrected chi connectivity index (χ4v) is 3.73. The highest BCUT2D eigenvalue weighted by molar-refractivity contribution is 9.10. The molecule has 0 unspecified atom stereocenters. The Kier molecular flexibility index (Phi) is 2.97. The van der Waals surface area contributed by atoms with Crippen molar-refractivity contribution >= 4 is 48.6 Å². The average Bonchev–Trinajstić information content (AvgIpc) is 3.06. The second kappa shape index (κ2) is 5.18. The van der Waals surface area contributed by atoms with Gasteiger partial charge in [0.25, 0.3) is 0 Å². The molecule has 5 aromatic rings. The van der Waals surface area contributed by atoms with Gasteiger partial charge in [-0.05, 0) is 34.4 Å². The molecule has 0 spiro atoms. The van der Waals surface area contributed by atoms with Gasteiger partial charge in [-0.3, -0.25) is 0 Å². The van der Waals surface area contributed by atoms with Crippen LogP contribution in [-0.4, -0.2) is 4.98 Å². The normalized spacial score (nSPS) is 11.5. The maximum absolute atomic E-state index is 6.08. The lowest BCUT2D eigenvalue weighted by Gasteiger charge is -2.04. The van der Waals surface area contributed by atoms with Crippen molar-refractivity contribution in [3.8, 4) is 11.5 Å². The summed E-state index contributed by atoms with van der Waals surface area (Å²) in [7, 11) is 0. The largest absolute Gasteiger partial charge is 0.436 e. The molecule has 0 aliphatic carbocycles. The van der Waals surface area contributed by atoms with Gasteiger partial charge in [-0.15, -0.1) is 0 Å². The van der Waals surface area contributed by atoms with Gasteiger partial charge in [0.1, 0.15) is 5.52 Å². The first-order chi connectivity index (χ1) is 11.8. The summed E-state index contributed by atoms with van der Waals surface area (Å²) >= 11 is 3.62. The van der Waals surface area contributed by atoms with Crippen LogP contribution >= 0.6 is 15.9 Å². The summed E-state index contributed by atoms with van der Waals surface area (Å²) in [5, 5.41) is 4.57. The molecular formula is C21H12BrNO. The van der Waals surface area contributed by atoms with Gasteiger partial charge in [0.05, 0.1) is 0 Å². The number of aromatic nitrogens is 1. The Bertz CT molecular complexity index is 1220. The number of hydrogen-bond acceptors (Lipinski definition) is 2. The van der Waals surface area contributed by atoms with E-state index in [1.165, 1.54) is 5.39 Å². The highest BCUT2D eigenvalue weighted by Gasteiger charge is 2.13. The van der Waals surface area contributed by atoms with E-state index < -0.39 is 0 Å². The number of benzene rings is 4. The summed E-state index contributed by atoms with van der Waals surface area (Å²) in [6.07, 6.45) is 0. The molecule has 114 valence electrons. The van der Waals surface area contributed by atoms with Crippen molar-refractivity contribution in [2.75, 3.05) is 0 Å². The lowest BCUT2D eigenvalue weighted by molar-refractivity contribution is 0.620. The third-order valence-electron chi connectivity index (χ3n) is 4.38. The molecule has 0 saturated carbocycles. The molecule has 0 fully saturated rings. The Labute approximate surface area is 146 Å². The first kappa shape index (κ1) is 13.8. The van der Waals surface area contributed by atoms with E-state index in [9.17, 15) is 0 Å². The van der Waals surface area contributed by atoms with Crippen LogP contribution in [0.1, 0.15) is 0 Å². The Balaban J connectivity index is 1.84. The van der Waals surface area contributed by atoms with Gasteiger partial charge in [-0.1, -0.05) is 70.5 Å². The van der Waals surface area contributed by atoms with Crippen LogP contribution in [0.15, 0.2) is 81.7 Å². The maximum atomic E-state index is 6.08. The number of halogens is 1. The van der Waals surface area contributed by atoms with Crippen LogP contribution < -0.4 is 0 Å². The number of nitrogens with zero attached hydrogens (tertiary/aromatic N) is 1. The zero-order valence-electron chi connectivity index (χ0n) is 12.7. The van der Waals surface area contributed by atoms with Crippen LogP contribution in [0.2, 0.25) is 0 Å². The zero-order valence-corrected chi connectivity index (χ0v) is 14.2. The molecule has 24 heavy (non-hydrogen) atoms. The third kappa shape index (κ3) is 1.98. The van der Waals surface area contributed by atoms with Gasteiger partial charge in [0.2, 0.25) is 5.89 Å². The van der Waals surface area contributed by atoms with E-state index in [0.29, 0.717) is 5.89 Å². The molecular weight excluding hydrogens is 362 g/mol. The molecule has 2 nitrogen and oxygen atoms in total. The van der Waals surface area contributed by atoms with Crippen molar-refractivity contribution in [3.63, 3.8) is 0 Å². The summed E-state index contributed by atoms with van der Waals surface area (Å²) < 4.78 is 7.16. The molecule has 1 heterocycles. The molecule has 1 aromatic heterocycles. The van der Waals surface area contributed by atoms with Crippen LogP contribution in [0.25, 0.3) is 44.1 Å². The molecule has 0 N–H and O–H groups in total. The Morgan fingerprint density at radius 1 is 0.708 bits per heavy atom. The predicted octanol–water partition coefficient (Wildman–Crippen LogP) is 6.56. The van der Waals surface area contributed by atoms with Gasteiger partial charge >= 0.3 is 0 Å². The van der Waals surface area contributed by atoms with Crippen molar-refractivity contribution in [1.82, 2.24) is 4.98 Å². The quantitative estimate of drug-likeness (QED) is 0.332. The highest BCUT2D eigenvalue weighted by Crippen LogP contribution is 2.35. The average molecular weight is 374 g/mol. The maximum Gasteiger partial charge on any atom is 0.227 e. The summed E-state index contributed by atoms with van der Waals surface area (Å²) in [4.78, 5) is 4.81. The van der Waals surface area contributed by atoms with Crippen LogP contribution in [-0.2, 0) is 0 Å². The first-order valence-corrected chi connectivity index (χ1v) is 8.56. The lowest BCUT2D eigenvalue weighted by Crippen LogP contribution is -1.82. The van der Waals surface area contributed by atoms with Gasteiger partial charge in [-0.25, -0.2) is 4.98 Å². The second-order valence-corrected chi connectivity index (χ2v) is 6.65. The van der Waals surface area contributed by atoms with Gasteiger partial charge in [0, 0.05) is 15.4 Å². The predicted molar refractivity (Wildman–Crippen MR) is 102 cm³/mol. The second-order valence-electron chi connectivity index (χ2n) is 5.79. The molecule has 0 radical (unpaired) electrons. The molecule has 0 bridgehead atoms. The van der Waals surface area contributed by atoms with E-state index in [-0.39, 0.29) is 0 Å². The molecule has 5 rings (SSSR count). The van der Waals surface area contributed by atoms with E-state index in [0.717, 1.165) is 37.3 Å². The van der Waals surface area contributed by atoms with Crippen molar-refractivity contribution in [3.05, 3.63) is 77.3 Å².